The lowest BCUT2D eigenvalue weighted by Crippen LogP contribution is -2.46. The van der Waals surface area contributed by atoms with E-state index in [0.29, 0.717) is 19.4 Å². The molecule has 2 aliphatic heterocycles. The van der Waals surface area contributed by atoms with Crippen molar-refractivity contribution in [3.05, 3.63) is 29.8 Å². The molecule has 2 N–H and O–H groups in total. The van der Waals surface area contributed by atoms with Gasteiger partial charge in [0.15, 0.2) is 0 Å². The Labute approximate surface area is 131 Å². The highest BCUT2D eigenvalue weighted by molar-refractivity contribution is 5.97. The smallest absolute Gasteiger partial charge is 0.227 e. The highest BCUT2D eigenvalue weighted by atomic mass is 16.2. The molecule has 1 atom stereocenters. The molecule has 2 heterocycles. The first-order chi connectivity index (χ1) is 10.7. The van der Waals surface area contributed by atoms with E-state index >= 15 is 0 Å². The van der Waals surface area contributed by atoms with Crippen LogP contribution in [0.3, 0.4) is 0 Å². The number of anilines is 1. The maximum absolute atomic E-state index is 12.1. The van der Waals surface area contributed by atoms with E-state index in [9.17, 15) is 9.59 Å². The predicted octanol–water partition coefficient (Wildman–Crippen LogP) is 1.22. The first-order valence-corrected chi connectivity index (χ1v) is 8.12. The molecule has 1 saturated heterocycles. The fraction of sp³-hybridized carbons (Fsp3) is 0.529. The van der Waals surface area contributed by atoms with Crippen LogP contribution < -0.4 is 15.5 Å². The van der Waals surface area contributed by atoms with E-state index in [1.54, 1.807) is 4.90 Å². The number of nitrogens with one attached hydrogen (secondary N) is 2. The van der Waals surface area contributed by atoms with Gasteiger partial charge in [-0.25, -0.2) is 0 Å². The molecule has 0 aromatic heterocycles. The molecule has 0 spiro atoms. The van der Waals surface area contributed by atoms with Crippen LogP contribution in [0.4, 0.5) is 5.69 Å². The molecule has 2 aliphatic rings. The number of para-hydroxylation sites is 1. The highest BCUT2D eigenvalue weighted by Crippen LogP contribution is 2.27. The van der Waals surface area contributed by atoms with Crippen LogP contribution in [-0.4, -0.2) is 37.5 Å². The monoisotopic (exact) mass is 301 g/mol. The Morgan fingerprint density at radius 1 is 1.32 bits per heavy atom. The zero-order chi connectivity index (χ0) is 15.4. The summed E-state index contributed by atoms with van der Waals surface area (Å²) in [7, 11) is 0. The Morgan fingerprint density at radius 2 is 2.18 bits per heavy atom. The summed E-state index contributed by atoms with van der Waals surface area (Å²) in [6.45, 7) is 2.34. The second-order valence-electron chi connectivity index (χ2n) is 6.03. The van der Waals surface area contributed by atoms with E-state index in [1.165, 1.54) is 5.56 Å². The number of carbonyl (C=O) groups excluding carboxylic acids is 2. The van der Waals surface area contributed by atoms with Crippen LogP contribution in [0, 0.1) is 0 Å². The van der Waals surface area contributed by atoms with Crippen molar-refractivity contribution in [2.75, 3.05) is 24.5 Å². The number of amides is 2. The van der Waals surface area contributed by atoms with Gasteiger partial charge in [-0.05, 0) is 37.4 Å². The van der Waals surface area contributed by atoms with Crippen LogP contribution in [0.5, 0.6) is 0 Å². The Morgan fingerprint density at radius 3 is 3.00 bits per heavy atom. The van der Waals surface area contributed by atoms with Crippen molar-refractivity contribution in [1.82, 2.24) is 10.6 Å². The number of hydrogen-bond acceptors (Lipinski definition) is 3. The van der Waals surface area contributed by atoms with Crippen LogP contribution in [0.15, 0.2) is 24.3 Å². The first-order valence-electron chi connectivity index (χ1n) is 8.12. The van der Waals surface area contributed by atoms with Crippen LogP contribution in [-0.2, 0) is 16.0 Å². The lowest BCUT2D eigenvalue weighted by molar-refractivity contribution is -0.122. The van der Waals surface area contributed by atoms with Crippen LogP contribution in [0.1, 0.15) is 31.2 Å². The number of hydrogen-bond donors (Lipinski definition) is 2. The van der Waals surface area contributed by atoms with Gasteiger partial charge in [0.05, 0.1) is 0 Å². The normalized spacial score (nSPS) is 21.4. The molecule has 0 bridgehead atoms. The third-order valence-electron chi connectivity index (χ3n) is 4.42. The molecule has 1 aromatic rings. The van der Waals surface area contributed by atoms with Crippen LogP contribution in [0.2, 0.25) is 0 Å². The SMILES string of the molecule is O=C(CCN1C(=O)CCc2ccccc21)NC1CCCNC1. The molecular formula is C17H23N3O2. The quantitative estimate of drug-likeness (QED) is 0.879. The van der Waals surface area contributed by atoms with Crippen molar-refractivity contribution >= 4 is 17.5 Å². The Kier molecular flexibility index (Phi) is 4.73. The first kappa shape index (κ1) is 15.0. The highest BCUT2D eigenvalue weighted by Gasteiger charge is 2.24. The number of rotatable bonds is 4. The number of benzene rings is 1. The molecule has 1 aromatic carbocycles. The zero-order valence-corrected chi connectivity index (χ0v) is 12.8. The van der Waals surface area contributed by atoms with Gasteiger partial charge in [0.1, 0.15) is 0 Å². The molecule has 118 valence electrons. The van der Waals surface area contributed by atoms with E-state index in [1.807, 2.05) is 18.2 Å². The van der Waals surface area contributed by atoms with Gasteiger partial charge in [-0.15, -0.1) is 0 Å². The Bertz CT molecular complexity index is 553. The van der Waals surface area contributed by atoms with Gasteiger partial charge in [-0.3, -0.25) is 9.59 Å². The fourth-order valence-electron chi connectivity index (χ4n) is 3.23. The molecule has 3 rings (SSSR count). The van der Waals surface area contributed by atoms with Crippen molar-refractivity contribution in [3.8, 4) is 0 Å². The third-order valence-corrected chi connectivity index (χ3v) is 4.42. The summed E-state index contributed by atoms with van der Waals surface area (Å²) in [5.74, 6) is 0.149. The molecule has 2 amide bonds. The van der Waals surface area contributed by atoms with Gasteiger partial charge in [0, 0.05) is 37.7 Å². The fourth-order valence-corrected chi connectivity index (χ4v) is 3.23. The topological polar surface area (TPSA) is 61.4 Å². The van der Waals surface area contributed by atoms with E-state index in [2.05, 4.69) is 16.7 Å². The Hall–Kier alpha value is -1.88. The number of aryl methyl sites for hydroxylation is 1. The molecule has 0 aliphatic carbocycles. The minimum Gasteiger partial charge on any atom is -0.352 e. The summed E-state index contributed by atoms with van der Waals surface area (Å²) in [4.78, 5) is 26.0. The number of fused-ring (bicyclic) bond motifs is 1. The van der Waals surface area contributed by atoms with Crippen LogP contribution in [0.25, 0.3) is 0 Å². The standard InChI is InChI=1S/C17H23N3O2/c21-16(19-14-5-3-10-18-12-14)9-11-20-15-6-2-1-4-13(15)7-8-17(20)22/h1-2,4,6,14,18H,3,5,7-12H2,(H,19,21). The van der Waals surface area contributed by atoms with Crippen LogP contribution >= 0.6 is 0 Å². The van der Waals surface area contributed by atoms with Crippen molar-refractivity contribution in [2.45, 2.75) is 38.1 Å². The van der Waals surface area contributed by atoms with Gasteiger partial charge in [0.2, 0.25) is 11.8 Å². The van der Waals surface area contributed by atoms with E-state index < -0.39 is 0 Å². The zero-order valence-electron chi connectivity index (χ0n) is 12.8. The average Bonchev–Trinajstić information content (AvgIpc) is 2.55. The number of piperidine rings is 1. The summed E-state index contributed by atoms with van der Waals surface area (Å²) in [6.07, 6.45) is 3.82. The molecule has 0 saturated carbocycles. The van der Waals surface area contributed by atoms with Crippen molar-refractivity contribution in [3.63, 3.8) is 0 Å². The van der Waals surface area contributed by atoms with Crippen molar-refractivity contribution < 1.29 is 9.59 Å². The second kappa shape index (κ2) is 6.92. The van der Waals surface area contributed by atoms with E-state index in [0.717, 1.165) is 38.0 Å². The van der Waals surface area contributed by atoms with E-state index in [4.69, 9.17) is 0 Å². The van der Waals surface area contributed by atoms with Gasteiger partial charge >= 0.3 is 0 Å². The average molecular weight is 301 g/mol. The van der Waals surface area contributed by atoms with Gasteiger partial charge in [-0.1, -0.05) is 18.2 Å². The number of nitrogens with zero attached hydrogens (tertiary/aromatic N) is 1. The minimum atomic E-state index is 0.0320. The third kappa shape index (κ3) is 3.47. The van der Waals surface area contributed by atoms with Crippen molar-refractivity contribution in [1.29, 1.82) is 0 Å². The molecule has 1 unspecified atom stereocenters. The lowest BCUT2D eigenvalue weighted by atomic mass is 10.0. The van der Waals surface area contributed by atoms with Gasteiger partial charge in [-0.2, -0.15) is 0 Å². The lowest BCUT2D eigenvalue weighted by Gasteiger charge is -2.29. The summed E-state index contributed by atoms with van der Waals surface area (Å²) < 4.78 is 0. The van der Waals surface area contributed by atoms with Gasteiger partial charge in [0.25, 0.3) is 0 Å². The molecule has 5 nitrogen and oxygen atoms in total. The minimum absolute atomic E-state index is 0.0320. The summed E-state index contributed by atoms with van der Waals surface area (Å²) in [5, 5.41) is 6.34. The number of carbonyl (C=O) groups is 2. The predicted molar refractivity (Wildman–Crippen MR) is 85.8 cm³/mol. The van der Waals surface area contributed by atoms with Crippen molar-refractivity contribution in [2.24, 2.45) is 0 Å². The molecular weight excluding hydrogens is 278 g/mol. The largest absolute Gasteiger partial charge is 0.352 e. The molecule has 22 heavy (non-hydrogen) atoms. The maximum Gasteiger partial charge on any atom is 0.227 e. The molecule has 5 heteroatoms. The van der Waals surface area contributed by atoms with E-state index in [-0.39, 0.29) is 17.9 Å². The summed E-state index contributed by atoms with van der Waals surface area (Å²) in [6, 6.07) is 8.19. The molecule has 0 radical (unpaired) electrons. The second-order valence-corrected chi connectivity index (χ2v) is 6.03. The summed E-state index contributed by atoms with van der Waals surface area (Å²) in [5.41, 5.74) is 2.16. The summed E-state index contributed by atoms with van der Waals surface area (Å²) >= 11 is 0. The van der Waals surface area contributed by atoms with Gasteiger partial charge < -0.3 is 15.5 Å². The Balaban J connectivity index is 1.56. The molecule has 1 fully saturated rings. The maximum atomic E-state index is 12.1.